The highest BCUT2D eigenvalue weighted by atomic mass is 35.5. The average Bonchev–Trinajstić information content (AvgIpc) is 2.76. The lowest BCUT2D eigenvalue weighted by molar-refractivity contribution is 0.1000. The Hall–Kier alpha value is -1.59. The predicted molar refractivity (Wildman–Crippen MR) is 76.3 cm³/mol. The van der Waals surface area contributed by atoms with Crippen molar-refractivity contribution < 1.29 is 9.18 Å². The first-order valence-corrected chi connectivity index (χ1v) is 6.80. The van der Waals surface area contributed by atoms with Gasteiger partial charge in [-0.15, -0.1) is 11.3 Å². The van der Waals surface area contributed by atoms with Gasteiger partial charge in [-0.3, -0.25) is 4.79 Å². The van der Waals surface area contributed by atoms with E-state index >= 15 is 0 Å². The summed E-state index contributed by atoms with van der Waals surface area (Å²) in [6.07, 6.45) is 0. The topological polar surface area (TPSA) is 55.1 Å². The molecule has 1 aromatic heterocycles. The zero-order chi connectivity index (χ0) is 14.0. The minimum absolute atomic E-state index is 0.148. The van der Waals surface area contributed by atoms with Crippen LogP contribution in [-0.4, -0.2) is 5.91 Å². The summed E-state index contributed by atoms with van der Waals surface area (Å²) in [6, 6.07) is 4.53. The number of rotatable bonds is 4. The molecule has 3 nitrogen and oxygen atoms in total. The fourth-order valence-electron chi connectivity index (χ4n) is 1.63. The maximum absolute atomic E-state index is 13.7. The van der Waals surface area contributed by atoms with E-state index in [0.29, 0.717) is 22.8 Å². The van der Waals surface area contributed by atoms with Crippen LogP contribution in [0.4, 0.5) is 10.1 Å². The molecule has 1 amide bonds. The van der Waals surface area contributed by atoms with Gasteiger partial charge in [-0.2, -0.15) is 0 Å². The first-order chi connectivity index (χ1) is 8.97. The van der Waals surface area contributed by atoms with Crippen LogP contribution in [0.25, 0.3) is 0 Å². The van der Waals surface area contributed by atoms with Gasteiger partial charge >= 0.3 is 0 Å². The van der Waals surface area contributed by atoms with E-state index in [1.807, 2.05) is 11.4 Å². The van der Waals surface area contributed by atoms with E-state index in [9.17, 15) is 9.18 Å². The number of hydrogen-bond donors (Lipinski definition) is 2. The second kappa shape index (κ2) is 5.59. The Morgan fingerprint density at radius 3 is 2.79 bits per heavy atom. The van der Waals surface area contributed by atoms with Crippen molar-refractivity contribution in [3.8, 4) is 0 Å². The van der Waals surface area contributed by atoms with Gasteiger partial charge in [-0.25, -0.2) is 4.39 Å². The summed E-state index contributed by atoms with van der Waals surface area (Å²) in [4.78, 5) is 12.1. The van der Waals surface area contributed by atoms with Crippen LogP contribution in [0.1, 0.15) is 20.8 Å². The summed E-state index contributed by atoms with van der Waals surface area (Å²) >= 11 is 7.34. The standard InChI is InChI=1S/C13H12ClFN2OS/c1-7-11(15)2-8(13(16)18)3-12(7)17-5-10-4-9(14)6-19-10/h2-4,6,17H,5H2,1H3,(H2,16,18). The molecule has 0 aliphatic heterocycles. The van der Waals surface area contributed by atoms with Crippen molar-refractivity contribution in [2.75, 3.05) is 5.32 Å². The largest absolute Gasteiger partial charge is 0.380 e. The van der Waals surface area contributed by atoms with Gasteiger partial charge in [-0.1, -0.05) is 11.6 Å². The Balaban J connectivity index is 2.21. The summed E-state index contributed by atoms with van der Waals surface area (Å²) in [5, 5.41) is 5.58. The zero-order valence-corrected chi connectivity index (χ0v) is 11.7. The number of carbonyl (C=O) groups is 1. The number of anilines is 1. The summed E-state index contributed by atoms with van der Waals surface area (Å²) in [5.41, 5.74) is 6.32. The van der Waals surface area contributed by atoms with Gasteiger partial charge in [0.2, 0.25) is 5.91 Å². The number of carbonyl (C=O) groups excluding carboxylic acids is 1. The lowest BCUT2D eigenvalue weighted by Gasteiger charge is -2.11. The molecule has 0 saturated carbocycles. The molecule has 100 valence electrons. The van der Waals surface area contributed by atoms with Crippen molar-refractivity contribution in [3.63, 3.8) is 0 Å². The Morgan fingerprint density at radius 2 is 2.21 bits per heavy atom. The van der Waals surface area contributed by atoms with Crippen molar-refractivity contribution in [2.24, 2.45) is 5.73 Å². The molecule has 1 heterocycles. The van der Waals surface area contributed by atoms with Crippen molar-refractivity contribution in [2.45, 2.75) is 13.5 Å². The van der Waals surface area contributed by atoms with Crippen molar-refractivity contribution in [3.05, 3.63) is 50.4 Å². The monoisotopic (exact) mass is 298 g/mol. The smallest absolute Gasteiger partial charge is 0.248 e. The number of benzene rings is 1. The molecule has 1 aromatic carbocycles. The first-order valence-electron chi connectivity index (χ1n) is 5.54. The van der Waals surface area contributed by atoms with E-state index in [2.05, 4.69) is 5.32 Å². The Bertz CT molecular complexity index is 627. The molecule has 2 rings (SSSR count). The molecule has 0 saturated heterocycles. The molecule has 6 heteroatoms. The predicted octanol–water partition coefficient (Wildman–Crippen LogP) is 3.56. The number of amides is 1. The van der Waals surface area contributed by atoms with Gasteiger partial charge in [-0.05, 0) is 25.1 Å². The molecule has 3 N–H and O–H groups in total. The normalized spacial score (nSPS) is 10.5. The van der Waals surface area contributed by atoms with Gasteiger partial charge in [0.15, 0.2) is 0 Å². The molecule has 0 bridgehead atoms. The third-order valence-corrected chi connectivity index (χ3v) is 3.99. The number of nitrogens with one attached hydrogen (secondary N) is 1. The Kier molecular flexibility index (Phi) is 4.07. The molecule has 0 fully saturated rings. The second-order valence-corrected chi connectivity index (χ2v) is 5.51. The highest BCUT2D eigenvalue weighted by molar-refractivity contribution is 7.10. The molecule has 19 heavy (non-hydrogen) atoms. The van der Waals surface area contributed by atoms with Crippen molar-refractivity contribution in [1.29, 1.82) is 0 Å². The lowest BCUT2D eigenvalue weighted by Crippen LogP contribution is -2.12. The van der Waals surface area contributed by atoms with Crippen LogP contribution in [0.15, 0.2) is 23.6 Å². The van der Waals surface area contributed by atoms with E-state index in [1.165, 1.54) is 11.3 Å². The molecular formula is C13H12ClFN2OS. The van der Waals surface area contributed by atoms with Gasteiger partial charge < -0.3 is 11.1 Å². The number of halogens is 2. The Morgan fingerprint density at radius 1 is 1.47 bits per heavy atom. The maximum atomic E-state index is 13.7. The quantitative estimate of drug-likeness (QED) is 0.907. The van der Waals surface area contributed by atoms with Crippen LogP contribution in [0, 0.1) is 12.7 Å². The average molecular weight is 299 g/mol. The highest BCUT2D eigenvalue weighted by Gasteiger charge is 2.10. The van der Waals surface area contributed by atoms with Crippen LogP contribution >= 0.6 is 22.9 Å². The number of hydrogen-bond acceptors (Lipinski definition) is 3. The highest BCUT2D eigenvalue weighted by Crippen LogP contribution is 2.24. The Labute approximate surface area is 119 Å². The number of primary amides is 1. The van der Waals surface area contributed by atoms with E-state index in [4.69, 9.17) is 17.3 Å². The molecule has 0 unspecified atom stereocenters. The van der Waals surface area contributed by atoms with E-state index in [1.54, 1.807) is 13.0 Å². The fourth-order valence-corrected chi connectivity index (χ4v) is 2.65. The maximum Gasteiger partial charge on any atom is 0.248 e. The first kappa shape index (κ1) is 13.8. The van der Waals surface area contributed by atoms with Gasteiger partial charge in [0, 0.05) is 33.6 Å². The van der Waals surface area contributed by atoms with Crippen molar-refractivity contribution >= 4 is 34.5 Å². The third kappa shape index (κ3) is 3.24. The second-order valence-electron chi connectivity index (χ2n) is 4.08. The number of nitrogens with two attached hydrogens (primary N) is 1. The molecule has 0 aliphatic rings. The molecular weight excluding hydrogens is 287 g/mol. The lowest BCUT2D eigenvalue weighted by atomic mass is 10.1. The van der Waals surface area contributed by atoms with Crippen LogP contribution in [0.3, 0.4) is 0 Å². The zero-order valence-electron chi connectivity index (χ0n) is 10.2. The fraction of sp³-hybridized carbons (Fsp3) is 0.154. The molecule has 0 spiro atoms. The van der Waals surface area contributed by atoms with Crippen LogP contribution < -0.4 is 11.1 Å². The summed E-state index contributed by atoms with van der Waals surface area (Å²) < 4.78 is 13.7. The molecule has 0 atom stereocenters. The summed E-state index contributed by atoms with van der Waals surface area (Å²) in [5.74, 6) is -1.11. The van der Waals surface area contributed by atoms with Crippen LogP contribution in [-0.2, 0) is 6.54 Å². The molecule has 0 aliphatic carbocycles. The van der Waals surface area contributed by atoms with Crippen molar-refractivity contribution in [1.82, 2.24) is 0 Å². The van der Waals surface area contributed by atoms with Crippen LogP contribution in [0.2, 0.25) is 5.02 Å². The van der Waals surface area contributed by atoms with Gasteiger partial charge in [0.25, 0.3) is 0 Å². The third-order valence-electron chi connectivity index (χ3n) is 2.70. The number of thiophene rings is 1. The minimum Gasteiger partial charge on any atom is -0.380 e. The van der Waals surface area contributed by atoms with E-state index in [-0.39, 0.29) is 5.56 Å². The molecule has 2 aromatic rings. The van der Waals surface area contributed by atoms with Gasteiger partial charge in [0.1, 0.15) is 5.82 Å². The van der Waals surface area contributed by atoms with E-state index in [0.717, 1.165) is 10.9 Å². The van der Waals surface area contributed by atoms with E-state index < -0.39 is 11.7 Å². The summed E-state index contributed by atoms with van der Waals surface area (Å²) in [6.45, 7) is 2.16. The minimum atomic E-state index is -0.652. The van der Waals surface area contributed by atoms with Crippen LogP contribution in [0.5, 0.6) is 0 Å². The molecule has 0 radical (unpaired) electrons. The SMILES string of the molecule is Cc1c(F)cc(C(N)=O)cc1NCc1cc(Cl)cs1. The summed E-state index contributed by atoms with van der Waals surface area (Å²) in [7, 11) is 0. The van der Waals surface area contributed by atoms with Gasteiger partial charge in [0.05, 0.1) is 5.02 Å².